The van der Waals surface area contributed by atoms with Crippen LogP contribution in [0.15, 0.2) is 49.1 Å². The van der Waals surface area contributed by atoms with E-state index in [0.29, 0.717) is 51.3 Å². The molecule has 8 nitrogen and oxygen atoms in total. The minimum absolute atomic E-state index is 0.0301. The van der Waals surface area contributed by atoms with Gasteiger partial charge in [-0.25, -0.2) is 0 Å². The second kappa shape index (κ2) is 11.2. The number of rotatable bonds is 6. The van der Waals surface area contributed by atoms with Gasteiger partial charge in [0.05, 0.1) is 18.4 Å². The molecule has 8 heteroatoms. The molecule has 3 aliphatic rings. The Balaban J connectivity index is 1.33. The Hall–Kier alpha value is -3.49. The minimum Gasteiger partial charge on any atom is -0.462 e. The number of likely N-dealkylation sites (N-methyl/N-ethyl adjacent to an activating group) is 1. The molecule has 0 saturated carbocycles. The van der Waals surface area contributed by atoms with E-state index in [2.05, 4.69) is 73.7 Å². The lowest BCUT2D eigenvalue weighted by Crippen LogP contribution is -2.54. The Morgan fingerprint density at radius 2 is 2.00 bits per heavy atom. The lowest BCUT2D eigenvalue weighted by atomic mass is 9.92. The number of benzene rings is 2. The van der Waals surface area contributed by atoms with Crippen LogP contribution in [0.1, 0.15) is 48.3 Å². The van der Waals surface area contributed by atoms with Gasteiger partial charge in [0.25, 0.3) is 0 Å². The van der Waals surface area contributed by atoms with E-state index in [1.54, 1.807) is 0 Å². The molecule has 0 radical (unpaired) electrons. The highest BCUT2D eigenvalue weighted by Gasteiger charge is 2.33. The van der Waals surface area contributed by atoms with Gasteiger partial charge in [0, 0.05) is 43.7 Å². The Morgan fingerprint density at radius 1 is 1.18 bits per heavy atom. The highest BCUT2D eigenvalue weighted by Crippen LogP contribution is 2.39. The van der Waals surface area contributed by atoms with Gasteiger partial charge in [-0.2, -0.15) is 9.97 Å². The molecule has 40 heavy (non-hydrogen) atoms. The Bertz CT molecular complexity index is 1420. The van der Waals surface area contributed by atoms with E-state index < -0.39 is 0 Å². The molecule has 3 aliphatic heterocycles. The largest absolute Gasteiger partial charge is 0.462 e. The van der Waals surface area contributed by atoms with Gasteiger partial charge in [0.15, 0.2) is 0 Å². The van der Waals surface area contributed by atoms with Crippen molar-refractivity contribution in [2.45, 2.75) is 57.9 Å². The number of hydrogen-bond donors (Lipinski definition) is 0. The lowest BCUT2D eigenvalue weighted by Gasteiger charge is -2.41. The van der Waals surface area contributed by atoms with Gasteiger partial charge >= 0.3 is 6.01 Å². The monoisotopic (exact) mass is 541 g/mol. The van der Waals surface area contributed by atoms with Crippen LogP contribution in [-0.2, 0) is 22.6 Å². The zero-order valence-electron chi connectivity index (χ0n) is 23.8. The number of amides is 1. The third-order valence-corrected chi connectivity index (χ3v) is 8.81. The molecule has 2 aromatic carbocycles. The standard InChI is InChI=1S/C32H39N5O3/c1-5-29(38)36-15-16-37(22(3)18-36)31-26-20-39-28(25-13-7-11-23-10-6-9-21(2)30(23)25)17-27(26)33-32(34-31)40-19-24-12-8-14-35(24)4/h5-7,9-11,13,22,24,28H,1,8,12,14-20H2,2-4H3/t22-,24-,28?/m0/s1. The van der Waals surface area contributed by atoms with E-state index in [9.17, 15) is 4.79 Å². The predicted molar refractivity (Wildman–Crippen MR) is 157 cm³/mol. The van der Waals surface area contributed by atoms with Crippen LogP contribution in [0.25, 0.3) is 10.8 Å². The normalized spacial score (nSPS) is 23.3. The molecule has 0 bridgehead atoms. The van der Waals surface area contributed by atoms with Crippen molar-refractivity contribution in [2.75, 3.05) is 44.7 Å². The summed E-state index contributed by atoms with van der Waals surface area (Å²) in [7, 11) is 2.15. The molecule has 1 amide bonds. The highest BCUT2D eigenvalue weighted by atomic mass is 16.5. The van der Waals surface area contributed by atoms with Gasteiger partial charge in [-0.1, -0.05) is 43.0 Å². The molecule has 3 aromatic rings. The Kier molecular flexibility index (Phi) is 7.47. The number of fused-ring (bicyclic) bond motifs is 2. The van der Waals surface area contributed by atoms with Crippen LogP contribution < -0.4 is 9.64 Å². The second-order valence-electron chi connectivity index (χ2n) is 11.4. The molecule has 1 unspecified atom stereocenters. The van der Waals surface area contributed by atoms with E-state index in [1.165, 1.54) is 34.4 Å². The fourth-order valence-corrected chi connectivity index (χ4v) is 6.52. The maximum atomic E-state index is 12.3. The van der Waals surface area contributed by atoms with E-state index >= 15 is 0 Å². The first-order chi connectivity index (χ1) is 19.4. The summed E-state index contributed by atoms with van der Waals surface area (Å²) in [5.41, 5.74) is 4.45. The van der Waals surface area contributed by atoms with Crippen LogP contribution in [0, 0.1) is 6.92 Å². The number of nitrogens with zero attached hydrogens (tertiary/aromatic N) is 5. The maximum Gasteiger partial charge on any atom is 0.318 e. The summed E-state index contributed by atoms with van der Waals surface area (Å²) in [6.45, 7) is 12.0. The number of piperazine rings is 1. The number of aromatic nitrogens is 2. The number of ether oxygens (including phenoxy) is 2. The summed E-state index contributed by atoms with van der Waals surface area (Å²) >= 11 is 0. The van der Waals surface area contributed by atoms with Crippen molar-refractivity contribution >= 4 is 22.5 Å². The van der Waals surface area contributed by atoms with Gasteiger partial charge in [0.2, 0.25) is 5.91 Å². The molecule has 0 N–H and O–H groups in total. The summed E-state index contributed by atoms with van der Waals surface area (Å²) < 4.78 is 12.9. The number of likely N-dealkylation sites (tertiary alicyclic amines) is 1. The zero-order valence-corrected chi connectivity index (χ0v) is 23.8. The van der Waals surface area contributed by atoms with Crippen LogP contribution in [0.5, 0.6) is 6.01 Å². The zero-order chi connectivity index (χ0) is 27.8. The van der Waals surface area contributed by atoms with E-state index in [4.69, 9.17) is 19.4 Å². The van der Waals surface area contributed by atoms with Crippen LogP contribution in [0.4, 0.5) is 5.82 Å². The molecule has 1 aromatic heterocycles. The van der Waals surface area contributed by atoms with Crippen molar-refractivity contribution in [1.82, 2.24) is 19.8 Å². The van der Waals surface area contributed by atoms with Crippen LogP contribution >= 0.6 is 0 Å². The third kappa shape index (κ3) is 5.06. The van der Waals surface area contributed by atoms with Crippen molar-refractivity contribution in [3.05, 3.63) is 71.4 Å². The van der Waals surface area contributed by atoms with Gasteiger partial charge in [0.1, 0.15) is 12.4 Å². The van der Waals surface area contributed by atoms with Crippen molar-refractivity contribution in [3.63, 3.8) is 0 Å². The summed E-state index contributed by atoms with van der Waals surface area (Å²) in [6, 6.07) is 13.8. The average molecular weight is 542 g/mol. The summed E-state index contributed by atoms with van der Waals surface area (Å²) in [6.07, 6.45) is 4.26. The molecule has 4 heterocycles. The van der Waals surface area contributed by atoms with E-state index in [-0.39, 0.29) is 18.1 Å². The van der Waals surface area contributed by atoms with Crippen LogP contribution in [-0.4, -0.2) is 77.6 Å². The SMILES string of the molecule is C=CC(=O)N1CCN(c2nc(OC[C@@H]3CCCN3C)nc3c2COC(c2cccc4cccc(C)c24)C3)[C@@H](C)C1. The number of carbonyl (C=O) groups is 1. The van der Waals surface area contributed by atoms with Crippen LogP contribution in [0.2, 0.25) is 0 Å². The first-order valence-corrected chi connectivity index (χ1v) is 14.4. The molecule has 2 saturated heterocycles. The fraction of sp³-hybridized carbons (Fsp3) is 0.469. The quantitative estimate of drug-likeness (QED) is 0.427. The highest BCUT2D eigenvalue weighted by molar-refractivity contribution is 5.89. The predicted octanol–water partition coefficient (Wildman–Crippen LogP) is 4.45. The molecule has 0 spiro atoms. The van der Waals surface area contributed by atoms with Crippen molar-refractivity contribution in [3.8, 4) is 6.01 Å². The summed E-state index contributed by atoms with van der Waals surface area (Å²) in [4.78, 5) is 28.7. The second-order valence-corrected chi connectivity index (χ2v) is 11.4. The third-order valence-electron chi connectivity index (χ3n) is 8.81. The molecular weight excluding hydrogens is 502 g/mol. The van der Waals surface area contributed by atoms with Gasteiger partial charge < -0.3 is 24.2 Å². The maximum absolute atomic E-state index is 12.3. The molecule has 3 atom stereocenters. The van der Waals surface area contributed by atoms with Crippen molar-refractivity contribution < 1.29 is 14.3 Å². The van der Waals surface area contributed by atoms with E-state index in [0.717, 1.165) is 30.0 Å². The lowest BCUT2D eigenvalue weighted by molar-refractivity contribution is -0.126. The first kappa shape index (κ1) is 26.7. The molecular formula is C32H39N5O3. The number of carbonyl (C=O) groups excluding carboxylic acids is 1. The first-order valence-electron chi connectivity index (χ1n) is 14.4. The van der Waals surface area contributed by atoms with Crippen molar-refractivity contribution in [1.29, 1.82) is 0 Å². The van der Waals surface area contributed by atoms with Gasteiger partial charge in [-0.05, 0) is 68.3 Å². The molecule has 0 aliphatic carbocycles. The molecule has 6 rings (SSSR count). The average Bonchev–Trinajstić information content (AvgIpc) is 3.39. The minimum atomic E-state index is -0.103. The molecule has 2 fully saturated rings. The number of aryl methyl sites for hydroxylation is 1. The van der Waals surface area contributed by atoms with E-state index in [1.807, 2.05) is 4.90 Å². The fourth-order valence-electron chi connectivity index (χ4n) is 6.52. The Labute approximate surface area is 236 Å². The Morgan fingerprint density at radius 3 is 2.75 bits per heavy atom. The summed E-state index contributed by atoms with van der Waals surface area (Å²) in [5.74, 6) is 0.836. The number of hydrogen-bond acceptors (Lipinski definition) is 7. The topological polar surface area (TPSA) is 71.0 Å². The van der Waals surface area contributed by atoms with Gasteiger partial charge in [-0.3, -0.25) is 4.79 Å². The number of anilines is 1. The molecule has 210 valence electrons. The summed E-state index contributed by atoms with van der Waals surface area (Å²) in [5, 5.41) is 2.48. The smallest absolute Gasteiger partial charge is 0.318 e. The van der Waals surface area contributed by atoms with Crippen LogP contribution in [0.3, 0.4) is 0 Å². The van der Waals surface area contributed by atoms with Crippen molar-refractivity contribution in [2.24, 2.45) is 0 Å². The van der Waals surface area contributed by atoms with Gasteiger partial charge in [-0.15, -0.1) is 0 Å².